The van der Waals surface area contributed by atoms with E-state index in [-0.39, 0.29) is 12.1 Å². The average molecular weight is 234 g/mol. The van der Waals surface area contributed by atoms with Crippen LogP contribution in [0.4, 0.5) is 4.79 Å². The zero-order valence-corrected chi connectivity index (χ0v) is 10.5. The van der Waals surface area contributed by atoms with Crippen molar-refractivity contribution in [3.63, 3.8) is 0 Å². The number of rotatable bonds is 1. The molecule has 0 spiro atoms. The van der Waals surface area contributed by atoms with E-state index >= 15 is 0 Å². The van der Waals surface area contributed by atoms with Gasteiger partial charge >= 0.3 is 6.09 Å². The molecule has 4 nitrogen and oxygen atoms in total. The van der Waals surface area contributed by atoms with Gasteiger partial charge in [0.15, 0.2) is 0 Å². The molecule has 0 aliphatic heterocycles. The van der Waals surface area contributed by atoms with Gasteiger partial charge in [0.05, 0.1) is 0 Å². The second-order valence-electron chi connectivity index (χ2n) is 5.36. The molecule has 1 aromatic heterocycles. The van der Waals surface area contributed by atoms with Crippen LogP contribution in [-0.2, 0) is 17.6 Å². The quantitative estimate of drug-likeness (QED) is 0.809. The summed E-state index contributed by atoms with van der Waals surface area (Å²) in [5, 5.41) is 2.88. The molecule has 1 atom stereocenters. The van der Waals surface area contributed by atoms with Crippen LogP contribution in [-0.4, -0.2) is 22.7 Å². The summed E-state index contributed by atoms with van der Waals surface area (Å²) in [6.45, 7) is 5.58. The lowest BCUT2D eigenvalue weighted by Gasteiger charge is -2.21. The molecule has 0 saturated carbocycles. The zero-order chi connectivity index (χ0) is 12.5. The van der Waals surface area contributed by atoms with Crippen molar-refractivity contribution >= 4 is 6.09 Å². The lowest BCUT2D eigenvalue weighted by atomic mass is 10.2. The fraction of sp³-hybridized carbons (Fsp3) is 0.538. The number of aromatic nitrogens is 1. The summed E-state index contributed by atoms with van der Waals surface area (Å²) in [6, 6.07) is 4.09. The van der Waals surface area contributed by atoms with E-state index < -0.39 is 5.60 Å². The molecule has 0 radical (unpaired) electrons. The van der Waals surface area contributed by atoms with Crippen LogP contribution in [0, 0.1) is 0 Å². The van der Waals surface area contributed by atoms with Crippen molar-refractivity contribution < 1.29 is 9.53 Å². The van der Waals surface area contributed by atoms with Crippen molar-refractivity contribution in [3.8, 4) is 0 Å². The molecule has 0 aromatic carbocycles. The third-order valence-corrected chi connectivity index (χ3v) is 2.61. The number of hydrogen-bond donors (Lipinski definition) is 1. The molecule has 92 valence electrons. The number of fused-ring (bicyclic) bond motifs is 1. The predicted octanol–water partition coefficient (Wildman–Crippen LogP) is 2.07. The van der Waals surface area contributed by atoms with Crippen molar-refractivity contribution in [2.45, 2.75) is 45.3 Å². The number of pyridine rings is 1. The van der Waals surface area contributed by atoms with Crippen LogP contribution in [0.3, 0.4) is 0 Å². The number of carbonyl (C=O) groups excluding carboxylic acids is 1. The molecule has 2 rings (SSSR count). The van der Waals surface area contributed by atoms with E-state index in [1.165, 1.54) is 5.56 Å². The highest BCUT2D eigenvalue weighted by atomic mass is 16.6. The Morgan fingerprint density at radius 3 is 2.88 bits per heavy atom. The standard InChI is InChI=1S/C13H18N2O2/c1-13(2,3)17-12(16)15-10-7-9-5-4-6-14-11(9)8-10/h4-6,10H,7-8H2,1-3H3,(H,15,16). The smallest absolute Gasteiger partial charge is 0.407 e. The third-order valence-electron chi connectivity index (χ3n) is 2.61. The largest absolute Gasteiger partial charge is 0.444 e. The Bertz CT molecular complexity index is 399. The van der Waals surface area contributed by atoms with Crippen molar-refractivity contribution in [2.75, 3.05) is 0 Å². The number of nitrogens with one attached hydrogen (secondary N) is 1. The highest BCUT2D eigenvalue weighted by Crippen LogP contribution is 2.19. The minimum atomic E-state index is -0.451. The maximum Gasteiger partial charge on any atom is 0.407 e. The molecule has 0 fully saturated rings. The minimum absolute atomic E-state index is 0.106. The van der Waals surface area contributed by atoms with Gasteiger partial charge in [0.1, 0.15) is 5.60 Å². The van der Waals surface area contributed by atoms with Crippen molar-refractivity contribution in [3.05, 3.63) is 29.6 Å². The van der Waals surface area contributed by atoms with Crippen molar-refractivity contribution in [1.82, 2.24) is 10.3 Å². The number of amides is 1. The number of hydrogen-bond acceptors (Lipinski definition) is 3. The van der Waals surface area contributed by atoms with Crippen LogP contribution >= 0.6 is 0 Å². The van der Waals surface area contributed by atoms with E-state index in [1.807, 2.05) is 26.8 Å². The van der Waals surface area contributed by atoms with Gasteiger partial charge < -0.3 is 10.1 Å². The van der Waals surface area contributed by atoms with Crippen molar-refractivity contribution in [2.24, 2.45) is 0 Å². The fourth-order valence-electron chi connectivity index (χ4n) is 1.99. The van der Waals surface area contributed by atoms with Gasteiger partial charge in [-0.1, -0.05) is 6.07 Å². The summed E-state index contributed by atoms with van der Waals surface area (Å²) < 4.78 is 5.23. The van der Waals surface area contributed by atoms with Gasteiger partial charge in [-0.25, -0.2) is 4.79 Å². The molecule has 0 bridgehead atoms. The lowest BCUT2D eigenvalue weighted by Crippen LogP contribution is -2.39. The molecule has 17 heavy (non-hydrogen) atoms. The monoisotopic (exact) mass is 234 g/mol. The van der Waals surface area contributed by atoms with Gasteiger partial charge in [-0.2, -0.15) is 0 Å². The molecule has 1 aliphatic carbocycles. The molecule has 1 aromatic rings. The first-order valence-electron chi connectivity index (χ1n) is 5.86. The second-order valence-corrected chi connectivity index (χ2v) is 5.36. The van der Waals surface area contributed by atoms with Crippen LogP contribution in [0.5, 0.6) is 0 Å². The van der Waals surface area contributed by atoms with E-state index in [9.17, 15) is 4.79 Å². The van der Waals surface area contributed by atoms with E-state index in [0.29, 0.717) is 0 Å². The average Bonchev–Trinajstić information content (AvgIpc) is 2.55. The molecule has 1 unspecified atom stereocenters. The molecular formula is C13H18N2O2. The highest BCUT2D eigenvalue weighted by Gasteiger charge is 2.25. The van der Waals surface area contributed by atoms with E-state index in [2.05, 4.69) is 16.4 Å². The summed E-state index contributed by atoms with van der Waals surface area (Å²) in [4.78, 5) is 15.9. The zero-order valence-electron chi connectivity index (χ0n) is 10.5. The first-order chi connectivity index (χ1) is 7.94. The number of ether oxygens (including phenoxy) is 1. The molecular weight excluding hydrogens is 216 g/mol. The van der Waals surface area contributed by atoms with E-state index in [4.69, 9.17) is 4.74 Å². The Morgan fingerprint density at radius 1 is 1.47 bits per heavy atom. The Morgan fingerprint density at radius 2 is 2.24 bits per heavy atom. The molecule has 1 aliphatic rings. The van der Waals surface area contributed by atoms with E-state index in [1.54, 1.807) is 6.20 Å². The van der Waals surface area contributed by atoms with Gasteiger partial charge in [0.25, 0.3) is 0 Å². The first-order valence-corrected chi connectivity index (χ1v) is 5.86. The van der Waals surface area contributed by atoms with Crippen LogP contribution in [0.25, 0.3) is 0 Å². The normalized spacial score (nSPS) is 18.6. The Balaban J connectivity index is 1.90. The van der Waals surface area contributed by atoms with Gasteiger partial charge in [-0.3, -0.25) is 4.98 Å². The van der Waals surface area contributed by atoms with E-state index in [0.717, 1.165) is 18.5 Å². The lowest BCUT2D eigenvalue weighted by molar-refractivity contribution is 0.0506. The molecule has 1 heterocycles. The Labute approximate surface area is 101 Å². The van der Waals surface area contributed by atoms with Gasteiger partial charge in [0, 0.05) is 24.4 Å². The Kier molecular flexibility index (Phi) is 3.05. The second kappa shape index (κ2) is 4.35. The van der Waals surface area contributed by atoms with Crippen LogP contribution in [0.2, 0.25) is 0 Å². The van der Waals surface area contributed by atoms with Crippen LogP contribution in [0.15, 0.2) is 18.3 Å². The Hall–Kier alpha value is -1.58. The summed E-state index contributed by atoms with van der Waals surface area (Å²) >= 11 is 0. The van der Waals surface area contributed by atoms with Crippen molar-refractivity contribution in [1.29, 1.82) is 0 Å². The molecule has 0 saturated heterocycles. The van der Waals surface area contributed by atoms with Gasteiger partial charge in [-0.15, -0.1) is 0 Å². The molecule has 1 amide bonds. The summed E-state index contributed by atoms with van der Waals surface area (Å²) in [5.41, 5.74) is 1.84. The number of nitrogens with zero attached hydrogens (tertiary/aromatic N) is 1. The fourth-order valence-corrected chi connectivity index (χ4v) is 1.99. The maximum atomic E-state index is 11.6. The minimum Gasteiger partial charge on any atom is -0.444 e. The summed E-state index contributed by atoms with van der Waals surface area (Å²) in [5.74, 6) is 0. The third kappa shape index (κ3) is 3.19. The maximum absolute atomic E-state index is 11.6. The molecule has 1 N–H and O–H groups in total. The number of carbonyl (C=O) groups is 1. The van der Waals surface area contributed by atoms with Crippen LogP contribution < -0.4 is 5.32 Å². The highest BCUT2D eigenvalue weighted by molar-refractivity contribution is 5.68. The summed E-state index contributed by atoms with van der Waals surface area (Å²) in [6.07, 6.45) is 3.06. The topological polar surface area (TPSA) is 51.2 Å². The van der Waals surface area contributed by atoms with Gasteiger partial charge in [-0.05, 0) is 38.8 Å². The summed E-state index contributed by atoms with van der Waals surface area (Å²) in [7, 11) is 0. The van der Waals surface area contributed by atoms with Gasteiger partial charge in [0.2, 0.25) is 0 Å². The first kappa shape index (κ1) is 11.9. The van der Waals surface area contributed by atoms with Crippen LogP contribution in [0.1, 0.15) is 32.0 Å². The predicted molar refractivity (Wildman–Crippen MR) is 64.8 cm³/mol. The number of alkyl carbamates (subject to hydrolysis) is 1. The SMILES string of the molecule is CC(C)(C)OC(=O)NC1Cc2cccnc2C1. The molecule has 4 heteroatoms.